The summed E-state index contributed by atoms with van der Waals surface area (Å²) in [5.41, 5.74) is 6.23. The molecule has 1 amide bonds. The zero-order chi connectivity index (χ0) is 12.3. The van der Waals surface area contributed by atoms with E-state index in [-0.39, 0.29) is 11.4 Å². The topological polar surface area (TPSA) is 68.0 Å². The lowest BCUT2D eigenvalue weighted by atomic mass is 9.98. The second-order valence-corrected chi connectivity index (χ2v) is 5.53. The maximum absolute atomic E-state index is 11.8. The van der Waals surface area contributed by atoms with Crippen LogP contribution in [0.25, 0.3) is 0 Å². The minimum Gasteiger partial charge on any atom is -0.344 e. The Labute approximate surface area is 106 Å². The first-order chi connectivity index (χ1) is 8.16. The van der Waals surface area contributed by atoms with Crippen molar-refractivity contribution in [3.05, 3.63) is 16.1 Å². The van der Waals surface area contributed by atoms with E-state index in [0.29, 0.717) is 13.0 Å². The van der Waals surface area contributed by atoms with E-state index in [2.05, 4.69) is 10.3 Å². The first kappa shape index (κ1) is 12.5. The van der Waals surface area contributed by atoms with Crippen LogP contribution >= 0.6 is 11.3 Å². The predicted octanol–water partition coefficient (Wildman–Crippen LogP) is 1.69. The van der Waals surface area contributed by atoms with Crippen LogP contribution in [0.15, 0.2) is 5.38 Å². The molecule has 1 saturated carbocycles. The van der Waals surface area contributed by atoms with E-state index in [1.807, 2.05) is 12.3 Å². The number of amides is 1. The Kier molecular flexibility index (Phi) is 3.79. The van der Waals surface area contributed by atoms with Crippen LogP contribution in [0.5, 0.6) is 0 Å². The van der Waals surface area contributed by atoms with Gasteiger partial charge < -0.3 is 11.1 Å². The number of nitrogens with zero attached hydrogens (tertiary/aromatic N) is 1. The maximum atomic E-state index is 11.8. The molecule has 17 heavy (non-hydrogen) atoms. The molecule has 1 aliphatic rings. The summed E-state index contributed by atoms with van der Waals surface area (Å²) < 4.78 is 0. The van der Waals surface area contributed by atoms with Crippen LogP contribution in [-0.2, 0) is 10.3 Å². The first-order valence-corrected chi connectivity index (χ1v) is 6.98. The molecule has 0 aromatic carbocycles. The number of nitrogens with one attached hydrogen (secondary N) is 1. The summed E-state index contributed by atoms with van der Waals surface area (Å²) in [5.74, 6) is 0.0438. The van der Waals surface area contributed by atoms with Crippen LogP contribution in [0.4, 0.5) is 0 Å². The van der Waals surface area contributed by atoms with Crippen LogP contribution in [0.3, 0.4) is 0 Å². The van der Waals surface area contributed by atoms with Crippen LogP contribution in [0, 0.1) is 6.92 Å². The molecule has 94 valence electrons. The fraction of sp³-hybridized carbons (Fsp3) is 0.667. The van der Waals surface area contributed by atoms with E-state index in [1.165, 1.54) is 0 Å². The third-order valence-electron chi connectivity index (χ3n) is 3.24. The van der Waals surface area contributed by atoms with Crippen molar-refractivity contribution in [2.24, 2.45) is 5.73 Å². The normalized spacial score (nSPS) is 18.2. The van der Waals surface area contributed by atoms with Gasteiger partial charge in [-0.3, -0.25) is 4.79 Å². The van der Waals surface area contributed by atoms with Crippen molar-refractivity contribution in [2.75, 3.05) is 6.54 Å². The molecule has 2 rings (SSSR count). The van der Waals surface area contributed by atoms with Crippen molar-refractivity contribution in [2.45, 2.75) is 44.6 Å². The Morgan fingerprint density at radius 2 is 2.29 bits per heavy atom. The molecule has 0 radical (unpaired) electrons. The Balaban J connectivity index is 2.18. The van der Waals surface area contributed by atoms with Gasteiger partial charge in [0, 0.05) is 24.0 Å². The van der Waals surface area contributed by atoms with E-state index >= 15 is 0 Å². The molecule has 5 heteroatoms. The monoisotopic (exact) mass is 253 g/mol. The van der Waals surface area contributed by atoms with E-state index < -0.39 is 0 Å². The van der Waals surface area contributed by atoms with E-state index in [9.17, 15) is 4.79 Å². The average molecular weight is 253 g/mol. The van der Waals surface area contributed by atoms with E-state index in [4.69, 9.17) is 5.73 Å². The number of thiazole rings is 1. The van der Waals surface area contributed by atoms with Gasteiger partial charge in [-0.2, -0.15) is 0 Å². The summed E-state index contributed by atoms with van der Waals surface area (Å²) in [6, 6.07) is 0. The van der Waals surface area contributed by atoms with Crippen LogP contribution < -0.4 is 11.1 Å². The summed E-state index contributed by atoms with van der Waals surface area (Å²) in [7, 11) is 0. The van der Waals surface area contributed by atoms with Gasteiger partial charge in [-0.05, 0) is 19.8 Å². The number of hydrogen-bond acceptors (Lipinski definition) is 4. The van der Waals surface area contributed by atoms with Crippen LogP contribution in [0.2, 0.25) is 0 Å². The molecule has 0 spiro atoms. The lowest BCUT2D eigenvalue weighted by Gasteiger charge is -2.28. The standard InChI is InChI=1S/C12H19N3OS/c1-9-8-17-11(14-9)12(5-2-3-6-12)15-10(16)4-7-13/h8H,2-7,13H2,1H3,(H,15,16). The molecule has 1 fully saturated rings. The predicted molar refractivity (Wildman–Crippen MR) is 68.8 cm³/mol. The zero-order valence-electron chi connectivity index (χ0n) is 10.2. The zero-order valence-corrected chi connectivity index (χ0v) is 11.0. The molecule has 1 aliphatic carbocycles. The van der Waals surface area contributed by atoms with Crippen molar-refractivity contribution in [1.82, 2.24) is 10.3 Å². The van der Waals surface area contributed by atoms with Gasteiger partial charge in [0.25, 0.3) is 0 Å². The fourth-order valence-corrected chi connectivity index (χ4v) is 3.42. The lowest BCUT2D eigenvalue weighted by Crippen LogP contribution is -2.44. The molecule has 0 bridgehead atoms. The van der Waals surface area contributed by atoms with Crippen molar-refractivity contribution in [1.29, 1.82) is 0 Å². The maximum Gasteiger partial charge on any atom is 0.222 e. The summed E-state index contributed by atoms with van der Waals surface area (Å²) in [4.78, 5) is 16.3. The quantitative estimate of drug-likeness (QED) is 0.858. The molecule has 0 atom stereocenters. The molecule has 1 heterocycles. The summed E-state index contributed by atoms with van der Waals surface area (Å²) >= 11 is 1.65. The van der Waals surface area contributed by atoms with Crippen molar-refractivity contribution in [3.63, 3.8) is 0 Å². The van der Waals surface area contributed by atoms with Crippen molar-refractivity contribution >= 4 is 17.2 Å². The lowest BCUT2D eigenvalue weighted by molar-refractivity contribution is -0.122. The third kappa shape index (κ3) is 2.66. The summed E-state index contributed by atoms with van der Waals surface area (Å²) in [6.07, 6.45) is 4.70. The third-order valence-corrected chi connectivity index (χ3v) is 4.40. The van der Waals surface area contributed by atoms with Gasteiger partial charge in [0.15, 0.2) is 0 Å². The fourth-order valence-electron chi connectivity index (χ4n) is 2.41. The minimum absolute atomic E-state index is 0.0438. The average Bonchev–Trinajstić information content (AvgIpc) is 2.88. The second kappa shape index (κ2) is 5.14. The number of hydrogen-bond donors (Lipinski definition) is 2. The van der Waals surface area contributed by atoms with E-state index in [1.54, 1.807) is 11.3 Å². The van der Waals surface area contributed by atoms with Gasteiger partial charge in [-0.1, -0.05) is 12.8 Å². The summed E-state index contributed by atoms with van der Waals surface area (Å²) in [6.45, 7) is 2.39. The highest BCUT2D eigenvalue weighted by Crippen LogP contribution is 2.40. The summed E-state index contributed by atoms with van der Waals surface area (Å²) in [5, 5.41) is 6.25. The Hall–Kier alpha value is -0.940. The van der Waals surface area contributed by atoms with Crippen molar-refractivity contribution in [3.8, 4) is 0 Å². The smallest absolute Gasteiger partial charge is 0.222 e. The molecule has 3 N–H and O–H groups in total. The van der Waals surface area contributed by atoms with Gasteiger partial charge in [0.05, 0.1) is 5.54 Å². The van der Waals surface area contributed by atoms with Crippen molar-refractivity contribution < 1.29 is 4.79 Å². The largest absolute Gasteiger partial charge is 0.344 e. The number of rotatable bonds is 4. The minimum atomic E-state index is -0.217. The molecule has 4 nitrogen and oxygen atoms in total. The van der Waals surface area contributed by atoms with E-state index in [0.717, 1.165) is 36.4 Å². The number of nitrogens with two attached hydrogens (primary N) is 1. The number of carbonyl (C=O) groups is 1. The highest BCUT2D eigenvalue weighted by atomic mass is 32.1. The molecular formula is C12H19N3OS. The molecule has 0 saturated heterocycles. The number of aryl methyl sites for hydroxylation is 1. The molecule has 1 aromatic rings. The first-order valence-electron chi connectivity index (χ1n) is 6.10. The van der Waals surface area contributed by atoms with Gasteiger partial charge >= 0.3 is 0 Å². The highest BCUT2D eigenvalue weighted by molar-refractivity contribution is 7.09. The second-order valence-electron chi connectivity index (χ2n) is 4.67. The highest BCUT2D eigenvalue weighted by Gasteiger charge is 2.39. The number of aromatic nitrogens is 1. The number of carbonyl (C=O) groups excluding carboxylic acids is 1. The van der Waals surface area contributed by atoms with Gasteiger partial charge in [-0.15, -0.1) is 11.3 Å². The SMILES string of the molecule is Cc1csc(C2(NC(=O)CCN)CCCC2)n1. The van der Waals surface area contributed by atoms with Gasteiger partial charge in [0.1, 0.15) is 5.01 Å². The van der Waals surface area contributed by atoms with Gasteiger partial charge in [0.2, 0.25) is 5.91 Å². The van der Waals surface area contributed by atoms with Gasteiger partial charge in [-0.25, -0.2) is 4.98 Å². The molecule has 0 aliphatic heterocycles. The molecular weight excluding hydrogens is 234 g/mol. The Morgan fingerprint density at radius 1 is 1.59 bits per heavy atom. The Bertz CT molecular complexity index is 396. The molecule has 0 unspecified atom stereocenters. The molecule has 1 aromatic heterocycles. The van der Waals surface area contributed by atoms with Crippen LogP contribution in [0.1, 0.15) is 42.8 Å². The Morgan fingerprint density at radius 3 is 2.82 bits per heavy atom. The van der Waals surface area contributed by atoms with Crippen LogP contribution in [-0.4, -0.2) is 17.4 Å².